The van der Waals surface area contributed by atoms with Gasteiger partial charge in [0.1, 0.15) is 0 Å². The van der Waals surface area contributed by atoms with Crippen LogP contribution in [0.25, 0.3) is 11.6 Å². The number of hydrogen-bond acceptors (Lipinski definition) is 7. The number of para-hydroxylation sites is 1. The van der Waals surface area contributed by atoms with E-state index >= 15 is 0 Å². The lowest BCUT2D eigenvalue weighted by molar-refractivity contribution is -0.150. The molecular formula is C19H20N4O4S. The van der Waals surface area contributed by atoms with Crippen LogP contribution in [-0.2, 0) is 20.9 Å². The molecule has 0 aliphatic carbocycles. The van der Waals surface area contributed by atoms with Crippen LogP contribution in [0.1, 0.15) is 13.8 Å². The second-order valence-electron chi connectivity index (χ2n) is 5.80. The molecule has 0 spiro atoms. The molecule has 3 rings (SSSR count). The van der Waals surface area contributed by atoms with Gasteiger partial charge in [-0.05, 0) is 38.1 Å². The molecule has 8 nitrogen and oxygen atoms in total. The van der Waals surface area contributed by atoms with E-state index in [4.69, 9.17) is 9.15 Å². The van der Waals surface area contributed by atoms with Crippen LogP contribution in [0, 0.1) is 0 Å². The van der Waals surface area contributed by atoms with Gasteiger partial charge in [0.05, 0.1) is 12.0 Å². The van der Waals surface area contributed by atoms with Gasteiger partial charge in [0, 0.05) is 12.2 Å². The number of benzene rings is 1. The van der Waals surface area contributed by atoms with Crippen LogP contribution in [0.5, 0.6) is 0 Å². The fourth-order valence-corrected chi connectivity index (χ4v) is 3.23. The predicted octanol–water partition coefficient (Wildman–Crippen LogP) is 3.22. The maximum atomic E-state index is 12.1. The zero-order valence-corrected chi connectivity index (χ0v) is 16.3. The average molecular weight is 400 g/mol. The summed E-state index contributed by atoms with van der Waals surface area (Å²) in [6.45, 7) is 4.11. The number of furan rings is 1. The summed E-state index contributed by atoms with van der Waals surface area (Å²) < 4.78 is 12.4. The fraction of sp³-hybridized carbons (Fsp3) is 0.263. The minimum atomic E-state index is -0.906. The van der Waals surface area contributed by atoms with Gasteiger partial charge in [0.2, 0.25) is 0 Å². The van der Waals surface area contributed by atoms with E-state index in [9.17, 15) is 9.59 Å². The van der Waals surface area contributed by atoms with Crippen molar-refractivity contribution in [2.75, 3.05) is 11.1 Å². The Bertz CT molecular complexity index is 925. The molecule has 0 unspecified atom stereocenters. The van der Waals surface area contributed by atoms with Gasteiger partial charge in [-0.15, -0.1) is 10.2 Å². The van der Waals surface area contributed by atoms with E-state index in [1.807, 2.05) is 29.7 Å². The van der Waals surface area contributed by atoms with Crippen molar-refractivity contribution in [3.8, 4) is 11.6 Å². The molecule has 1 atom stereocenters. The molecule has 0 saturated carbocycles. The summed E-state index contributed by atoms with van der Waals surface area (Å²) >= 11 is 1.20. The van der Waals surface area contributed by atoms with Crippen molar-refractivity contribution in [2.24, 2.45) is 0 Å². The van der Waals surface area contributed by atoms with Gasteiger partial charge in [-0.1, -0.05) is 30.0 Å². The Kier molecular flexibility index (Phi) is 6.49. The number of rotatable bonds is 8. The number of hydrogen-bond donors (Lipinski definition) is 1. The number of carbonyl (C=O) groups is 2. The summed E-state index contributed by atoms with van der Waals surface area (Å²) in [5.41, 5.74) is 0.645. The van der Waals surface area contributed by atoms with Crippen molar-refractivity contribution >= 4 is 29.3 Å². The Morgan fingerprint density at radius 2 is 2.00 bits per heavy atom. The van der Waals surface area contributed by atoms with Crippen molar-refractivity contribution in [2.45, 2.75) is 31.7 Å². The Labute approximate surface area is 166 Å². The first-order valence-electron chi connectivity index (χ1n) is 8.73. The van der Waals surface area contributed by atoms with Crippen molar-refractivity contribution in [3.63, 3.8) is 0 Å². The normalized spacial score (nSPS) is 11.8. The number of amides is 1. The van der Waals surface area contributed by atoms with Crippen LogP contribution in [0.2, 0.25) is 0 Å². The first-order chi connectivity index (χ1) is 13.6. The van der Waals surface area contributed by atoms with E-state index < -0.39 is 12.1 Å². The molecule has 0 fully saturated rings. The molecule has 0 aliphatic heterocycles. The minimum Gasteiger partial charge on any atom is -0.461 e. The van der Waals surface area contributed by atoms with E-state index in [2.05, 4.69) is 15.5 Å². The van der Waals surface area contributed by atoms with E-state index in [0.29, 0.717) is 29.0 Å². The summed E-state index contributed by atoms with van der Waals surface area (Å²) in [5.74, 6) is 0.320. The minimum absolute atomic E-state index is 0.0131. The van der Waals surface area contributed by atoms with Crippen molar-refractivity contribution in [1.82, 2.24) is 14.8 Å². The number of thioether (sulfide) groups is 1. The van der Waals surface area contributed by atoms with Gasteiger partial charge in [-0.2, -0.15) is 0 Å². The third-order valence-corrected chi connectivity index (χ3v) is 4.75. The Morgan fingerprint density at radius 1 is 1.21 bits per heavy atom. The summed E-state index contributed by atoms with van der Waals surface area (Å²) in [6, 6.07) is 12.6. The Morgan fingerprint density at radius 3 is 2.68 bits per heavy atom. The molecule has 2 aromatic heterocycles. The molecule has 1 amide bonds. The molecule has 9 heteroatoms. The maximum Gasteiger partial charge on any atom is 0.317 e. The quantitative estimate of drug-likeness (QED) is 0.458. The van der Waals surface area contributed by atoms with Crippen molar-refractivity contribution in [3.05, 3.63) is 48.7 Å². The highest BCUT2D eigenvalue weighted by Crippen LogP contribution is 2.24. The summed E-state index contributed by atoms with van der Waals surface area (Å²) in [6.07, 6.45) is 0.659. The number of carbonyl (C=O) groups excluding carboxylic acids is 2. The number of aromatic nitrogens is 3. The lowest BCUT2D eigenvalue weighted by atomic mass is 10.3. The van der Waals surface area contributed by atoms with Gasteiger partial charge < -0.3 is 14.5 Å². The molecule has 0 aliphatic rings. The van der Waals surface area contributed by atoms with Gasteiger partial charge in [-0.3, -0.25) is 14.2 Å². The molecule has 1 aromatic carbocycles. The van der Waals surface area contributed by atoms with Crippen LogP contribution in [0.15, 0.2) is 58.3 Å². The maximum absolute atomic E-state index is 12.1. The second-order valence-corrected chi connectivity index (χ2v) is 6.75. The molecule has 2 heterocycles. The van der Waals surface area contributed by atoms with E-state index in [1.54, 1.807) is 30.5 Å². The highest BCUT2D eigenvalue weighted by atomic mass is 32.2. The number of nitrogens with one attached hydrogen (secondary N) is 1. The van der Waals surface area contributed by atoms with Crippen LogP contribution in [0.4, 0.5) is 5.69 Å². The largest absolute Gasteiger partial charge is 0.461 e. The lowest BCUT2D eigenvalue weighted by Crippen LogP contribution is -2.30. The number of esters is 1. The first-order valence-corrected chi connectivity index (χ1v) is 9.72. The molecule has 0 radical (unpaired) electrons. The van der Waals surface area contributed by atoms with Gasteiger partial charge in [0.15, 0.2) is 22.8 Å². The Balaban J connectivity index is 1.53. The zero-order chi connectivity index (χ0) is 19.9. The molecule has 0 bridgehead atoms. The fourth-order valence-electron chi connectivity index (χ4n) is 2.44. The zero-order valence-electron chi connectivity index (χ0n) is 15.5. The van der Waals surface area contributed by atoms with Crippen LogP contribution in [0.3, 0.4) is 0 Å². The number of ether oxygens (including phenoxy) is 1. The lowest BCUT2D eigenvalue weighted by Gasteiger charge is -2.13. The topological polar surface area (TPSA) is 99.2 Å². The molecule has 28 heavy (non-hydrogen) atoms. The number of nitrogens with zero attached hydrogens (tertiary/aromatic N) is 3. The van der Waals surface area contributed by atoms with Crippen LogP contribution in [-0.4, -0.2) is 38.5 Å². The van der Waals surface area contributed by atoms with Gasteiger partial charge in [0.25, 0.3) is 5.91 Å². The number of anilines is 1. The molecule has 0 saturated heterocycles. The second kappa shape index (κ2) is 9.23. The van der Waals surface area contributed by atoms with Gasteiger partial charge >= 0.3 is 5.97 Å². The van der Waals surface area contributed by atoms with Gasteiger partial charge in [-0.25, -0.2) is 0 Å². The van der Waals surface area contributed by atoms with E-state index in [1.165, 1.54) is 18.7 Å². The monoisotopic (exact) mass is 400 g/mol. The average Bonchev–Trinajstić information content (AvgIpc) is 3.36. The molecule has 1 N–H and O–H groups in total. The summed E-state index contributed by atoms with van der Waals surface area (Å²) in [4.78, 5) is 24.2. The predicted molar refractivity (Wildman–Crippen MR) is 105 cm³/mol. The Hall–Kier alpha value is -3.07. The first kappa shape index (κ1) is 19.7. The van der Waals surface area contributed by atoms with Crippen LogP contribution < -0.4 is 5.32 Å². The highest BCUT2D eigenvalue weighted by molar-refractivity contribution is 7.99. The summed E-state index contributed by atoms with van der Waals surface area (Å²) in [7, 11) is 0. The summed E-state index contributed by atoms with van der Waals surface area (Å²) in [5, 5.41) is 11.5. The van der Waals surface area contributed by atoms with Crippen LogP contribution >= 0.6 is 11.8 Å². The molecular weight excluding hydrogens is 380 g/mol. The standard InChI is InChI=1S/C19H20N4O4S/c1-3-23-17(15-10-7-11-26-15)21-22-19(23)28-12-16(24)27-13(2)18(25)20-14-8-5-4-6-9-14/h4-11,13H,3,12H2,1-2H3,(H,20,25)/t13-/m0/s1. The highest BCUT2D eigenvalue weighted by Gasteiger charge is 2.20. The van der Waals surface area contributed by atoms with Crippen molar-refractivity contribution in [1.29, 1.82) is 0 Å². The third kappa shape index (κ3) is 4.80. The molecule has 3 aromatic rings. The smallest absolute Gasteiger partial charge is 0.317 e. The SMILES string of the molecule is CCn1c(SCC(=O)O[C@@H](C)C(=O)Nc2ccccc2)nnc1-c1ccco1. The molecule has 146 valence electrons. The van der Waals surface area contributed by atoms with E-state index in [-0.39, 0.29) is 11.7 Å². The van der Waals surface area contributed by atoms with Crippen molar-refractivity contribution < 1.29 is 18.7 Å². The third-order valence-electron chi connectivity index (χ3n) is 3.81. The van der Waals surface area contributed by atoms with E-state index in [0.717, 1.165) is 0 Å².